The largest absolute Gasteiger partial charge is 0.462 e. The maximum atomic E-state index is 13.1. The molecule has 3 aromatic rings. The van der Waals surface area contributed by atoms with Crippen LogP contribution in [0.25, 0.3) is 28.3 Å². The van der Waals surface area contributed by atoms with Crippen LogP contribution in [0.3, 0.4) is 0 Å². The van der Waals surface area contributed by atoms with Crippen molar-refractivity contribution in [3.63, 3.8) is 0 Å². The highest BCUT2D eigenvalue weighted by molar-refractivity contribution is 5.99. The normalized spacial score (nSPS) is 11.3. The molecule has 6 heteroatoms. The SMILES string of the molecule is CCOC(=O)/C(C#N)=C/c1ccc2noc(-c3ccc(F)cc3)c2c1. The zero-order valence-corrected chi connectivity index (χ0v) is 13.3. The van der Waals surface area contributed by atoms with E-state index in [0.29, 0.717) is 27.8 Å². The van der Waals surface area contributed by atoms with Crippen molar-refractivity contribution in [2.45, 2.75) is 6.92 Å². The summed E-state index contributed by atoms with van der Waals surface area (Å²) in [6.07, 6.45) is 1.44. The highest BCUT2D eigenvalue weighted by atomic mass is 19.1. The fraction of sp³-hybridized carbons (Fsp3) is 0.105. The van der Waals surface area contributed by atoms with Crippen molar-refractivity contribution >= 4 is 22.9 Å². The van der Waals surface area contributed by atoms with Crippen LogP contribution in [0.15, 0.2) is 52.6 Å². The average Bonchev–Trinajstić information content (AvgIpc) is 3.03. The molecule has 0 aliphatic carbocycles. The van der Waals surface area contributed by atoms with Crippen LogP contribution in [0.4, 0.5) is 4.39 Å². The number of carbonyl (C=O) groups excluding carboxylic acids is 1. The lowest BCUT2D eigenvalue weighted by molar-refractivity contribution is -0.137. The first-order chi connectivity index (χ1) is 12.1. The van der Waals surface area contributed by atoms with Gasteiger partial charge in [0.25, 0.3) is 0 Å². The molecule has 0 aliphatic rings. The minimum atomic E-state index is -0.672. The summed E-state index contributed by atoms with van der Waals surface area (Å²) in [6.45, 7) is 1.86. The molecule has 0 bridgehead atoms. The molecular weight excluding hydrogens is 323 g/mol. The van der Waals surface area contributed by atoms with Crippen LogP contribution in [-0.4, -0.2) is 17.7 Å². The monoisotopic (exact) mass is 336 g/mol. The molecule has 0 fully saturated rings. The molecule has 124 valence electrons. The average molecular weight is 336 g/mol. The Morgan fingerprint density at radius 3 is 2.76 bits per heavy atom. The van der Waals surface area contributed by atoms with E-state index >= 15 is 0 Å². The number of benzene rings is 2. The van der Waals surface area contributed by atoms with Gasteiger partial charge in [0.2, 0.25) is 0 Å². The summed E-state index contributed by atoms with van der Waals surface area (Å²) in [7, 11) is 0. The number of aromatic nitrogens is 1. The summed E-state index contributed by atoms with van der Waals surface area (Å²) in [4.78, 5) is 11.7. The molecule has 0 spiro atoms. The Kier molecular flexibility index (Phi) is 4.57. The molecule has 3 rings (SSSR count). The number of rotatable bonds is 4. The van der Waals surface area contributed by atoms with Crippen LogP contribution < -0.4 is 0 Å². The van der Waals surface area contributed by atoms with E-state index < -0.39 is 5.97 Å². The summed E-state index contributed by atoms with van der Waals surface area (Å²) >= 11 is 0. The van der Waals surface area contributed by atoms with E-state index in [1.807, 2.05) is 6.07 Å². The highest BCUT2D eigenvalue weighted by Gasteiger charge is 2.13. The maximum Gasteiger partial charge on any atom is 0.348 e. The third kappa shape index (κ3) is 3.40. The third-order valence-corrected chi connectivity index (χ3v) is 3.53. The van der Waals surface area contributed by atoms with Crippen LogP contribution in [0.5, 0.6) is 0 Å². The fourth-order valence-electron chi connectivity index (χ4n) is 2.37. The zero-order chi connectivity index (χ0) is 17.8. The number of hydrogen-bond donors (Lipinski definition) is 0. The third-order valence-electron chi connectivity index (χ3n) is 3.53. The van der Waals surface area contributed by atoms with Crippen molar-refractivity contribution < 1.29 is 18.4 Å². The van der Waals surface area contributed by atoms with Gasteiger partial charge < -0.3 is 9.26 Å². The van der Waals surface area contributed by atoms with Gasteiger partial charge in [0.15, 0.2) is 5.76 Å². The summed E-state index contributed by atoms with van der Waals surface area (Å²) in [5.41, 5.74) is 1.83. The van der Waals surface area contributed by atoms with Gasteiger partial charge in [0, 0.05) is 5.56 Å². The molecule has 0 atom stereocenters. The molecule has 0 aliphatic heterocycles. The molecule has 0 saturated heterocycles. The van der Waals surface area contributed by atoms with Crippen molar-refractivity contribution in [3.05, 3.63) is 59.4 Å². The van der Waals surface area contributed by atoms with E-state index in [-0.39, 0.29) is 18.0 Å². The quantitative estimate of drug-likeness (QED) is 0.407. The first-order valence-electron chi connectivity index (χ1n) is 7.56. The smallest absolute Gasteiger partial charge is 0.348 e. The number of halogens is 1. The van der Waals surface area contributed by atoms with E-state index in [0.717, 1.165) is 0 Å². The standard InChI is InChI=1S/C19H13FN2O3/c1-2-24-19(23)14(11-21)9-12-3-8-17-16(10-12)18(25-22-17)13-4-6-15(20)7-5-13/h3-10H,2H2,1H3/b14-9+. The van der Waals surface area contributed by atoms with Gasteiger partial charge in [-0.1, -0.05) is 11.2 Å². The molecule has 5 nitrogen and oxygen atoms in total. The van der Waals surface area contributed by atoms with E-state index in [1.165, 1.54) is 18.2 Å². The van der Waals surface area contributed by atoms with Gasteiger partial charge in [-0.05, 0) is 55.0 Å². The number of carbonyl (C=O) groups is 1. The van der Waals surface area contributed by atoms with E-state index in [4.69, 9.17) is 14.5 Å². The first-order valence-corrected chi connectivity index (χ1v) is 7.56. The molecule has 0 unspecified atom stereocenters. The Balaban J connectivity index is 2.05. The topological polar surface area (TPSA) is 76.1 Å². The number of fused-ring (bicyclic) bond motifs is 1. The molecular formula is C19H13FN2O3. The van der Waals surface area contributed by atoms with Crippen molar-refractivity contribution in [2.24, 2.45) is 0 Å². The molecule has 1 aromatic heterocycles. The number of nitrogens with zero attached hydrogens (tertiary/aromatic N) is 2. The van der Waals surface area contributed by atoms with Crippen LogP contribution in [-0.2, 0) is 9.53 Å². The van der Waals surface area contributed by atoms with Crippen LogP contribution in [0.1, 0.15) is 12.5 Å². The highest BCUT2D eigenvalue weighted by Crippen LogP contribution is 2.30. The maximum absolute atomic E-state index is 13.1. The second kappa shape index (κ2) is 6.97. The van der Waals surface area contributed by atoms with Crippen LogP contribution >= 0.6 is 0 Å². The molecule has 0 amide bonds. The van der Waals surface area contributed by atoms with Gasteiger partial charge in [0.1, 0.15) is 23.0 Å². The van der Waals surface area contributed by atoms with E-state index in [1.54, 1.807) is 37.3 Å². The number of hydrogen-bond acceptors (Lipinski definition) is 5. The summed E-state index contributed by atoms with van der Waals surface area (Å²) in [5.74, 6) is -0.529. The Bertz CT molecular complexity index is 998. The lowest BCUT2D eigenvalue weighted by Crippen LogP contribution is -2.05. The van der Waals surface area contributed by atoms with Crippen LogP contribution in [0.2, 0.25) is 0 Å². The van der Waals surface area contributed by atoms with Gasteiger partial charge in [0.05, 0.1) is 12.0 Å². The van der Waals surface area contributed by atoms with Gasteiger partial charge in [-0.15, -0.1) is 0 Å². The second-order valence-corrected chi connectivity index (χ2v) is 5.19. The second-order valence-electron chi connectivity index (χ2n) is 5.19. The van der Waals surface area contributed by atoms with Crippen molar-refractivity contribution in [3.8, 4) is 17.4 Å². The predicted molar refractivity (Wildman–Crippen MR) is 89.6 cm³/mol. The molecule has 0 saturated carbocycles. The van der Waals surface area contributed by atoms with Crippen molar-refractivity contribution in [1.82, 2.24) is 5.16 Å². The number of ether oxygens (including phenoxy) is 1. The summed E-state index contributed by atoms with van der Waals surface area (Å²) in [5, 5.41) is 13.8. The van der Waals surface area contributed by atoms with Gasteiger partial charge >= 0.3 is 5.97 Å². The summed E-state index contributed by atoms with van der Waals surface area (Å²) in [6, 6.07) is 12.9. The van der Waals surface area contributed by atoms with E-state index in [2.05, 4.69) is 5.16 Å². The van der Waals surface area contributed by atoms with Crippen LogP contribution in [0, 0.1) is 17.1 Å². The molecule has 2 aromatic carbocycles. The number of esters is 1. The Labute approximate surface area is 142 Å². The van der Waals surface area contributed by atoms with Gasteiger partial charge in [-0.3, -0.25) is 0 Å². The molecule has 0 N–H and O–H groups in total. The molecule has 1 heterocycles. The minimum Gasteiger partial charge on any atom is -0.462 e. The lowest BCUT2D eigenvalue weighted by atomic mass is 10.0. The number of nitriles is 1. The minimum absolute atomic E-state index is 0.0963. The fourth-order valence-corrected chi connectivity index (χ4v) is 2.37. The molecule has 25 heavy (non-hydrogen) atoms. The van der Waals surface area contributed by atoms with E-state index in [9.17, 15) is 9.18 Å². The Morgan fingerprint density at radius 1 is 1.32 bits per heavy atom. The van der Waals surface area contributed by atoms with Crippen molar-refractivity contribution in [2.75, 3.05) is 6.61 Å². The predicted octanol–water partition coefficient (Wildman–Crippen LogP) is 4.10. The Hall–Kier alpha value is -3.46. The van der Waals surface area contributed by atoms with Gasteiger partial charge in [-0.2, -0.15) is 5.26 Å². The zero-order valence-electron chi connectivity index (χ0n) is 13.3. The lowest BCUT2D eigenvalue weighted by Gasteiger charge is -2.01. The Morgan fingerprint density at radius 2 is 2.08 bits per heavy atom. The summed E-state index contributed by atoms with van der Waals surface area (Å²) < 4.78 is 23.3. The molecule has 0 radical (unpaired) electrons. The van der Waals surface area contributed by atoms with Crippen molar-refractivity contribution in [1.29, 1.82) is 5.26 Å². The van der Waals surface area contributed by atoms with Gasteiger partial charge in [-0.25, -0.2) is 9.18 Å². The first kappa shape index (κ1) is 16.4.